The van der Waals surface area contributed by atoms with Crippen molar-refractivity contribution >= 4 is 0 Å². The highest BCUT2D eigenvalue weighted by molar-refractivity contribution is 5.10. The van der Waals surface area contributed by atoms with Crippen molar-refractivity contribution in [2.24, 2.45) is 11.8 Å². The van der Waals surface area contributed by atoms with Crippen LogP contribution in [0.4, 0.5) is 0 Å². The van der Waals surface area contributed by atoms with Crippen LogP contribution in [0.15, 0.2) is 18.3 Å². The third-order valence-electron chi connectivity index (χ3n) is 4.33. The molecule has 0 aliphatic heterocycles. The molecule has 1 aromatic heterocycles. The minimum absolute atomic E-state index is 0.521. The van der Waals surface area contributed by atoms with Crippen molar-refractivity contribution in [1.29, 1.82) is 0 Å². The van der Waals surface area contributed by atoms with Gasteiger partial charge in [-0.05, 0) is 43.9 Å². The van der Waals surface area contributed by atoms with Crippen LogP contribution in [0.3, 0.4) is 0 Å². The number of hydrogen-bond donors (Lipinski definition) is 2. The summed E-state index contributed by atoms with van der Waals surface area (Å²) < 4.78 is 0. The Morgan fingerprint density at radius 1 is 1.35 bits per heavy atom. The highest BCUT2D eigenvalue weighted by atomic mass is 14.9. The van der Waals surface area contributed by atoms with Gasteiger partial charge >= 0.3 is 0 Å². The molecule has 2 nitrogen and oxygen atoms in total. The average Bonchev–Trinajstić information content (AvgIpc) is 2.86. The van der Waals surface area contributed by atoms with E-state index in [0.29, 0.717) is 6.04 Å². The van der Waals surface area contributed by atoms with Gasteiger partial charge in [0, 0.05) is 17.9 Å². The van der Waals surface area contributed by atoms with E-state index in [2.05, 4.69) is 36.4 Å². The molecule has 1 aliphatic carbocycles. The normalized spacial score (nSPS) is 26.9. The molecule has 1 atom stereocenters. The molecule has 96 valence electrons. The van der Waals surface area contributed by atoms with Crippen LogP contribution in [0.5, 0.6) is 0 Å². The molecule has 1 fully saturated rings. The summed E-state index contributed by atoms with van der Waals surface area (Å²) in [5, 5.41) is 3.49. The largest absolute Gasteiger partial charge is 0.364 e. The van der Waals surface area contributed by atoms with Gasteiger partial charge in [0.1, 0.15) is 0 Å². The molecule has 1 saturated carbocycles. The maximum atomic E-state index is 3.49. The Hall–Kier alpha value is -0.760. The lowest BCUT2D eigenvalue weighted by atomic mass is 9.76. The second-order valence-electron chi connectivity index (χ2n) is 5.46. The minimum atomic E-state index is 0.521. The SMILES string of the molecule is CCCC1CCC(C(NC)c2ccc[nH]2)CC1. The molecule has 0 aromatic carbocycles. The number of aromatic amines is 1. The minimum Gasteiger partial charge on any atom is -0.364 e. The average molecular weight is 234 g/mol. The first-order valence-corrected chi connectivity index (χ1v) is 7.15. The van der Waals surface area contributed by atoms with Crippen LogP contribution >= 0.6 is 0 Å². The summed E-state index contributed by atoms with van der Waals surface area (Å²) in [5.41, 5.74) is 1.35. The van der Waals surface area contributed by atoms with Gasteiger partial charge in [0.15, 0.2) is 0 Å². The molecule has 1 unspecified atom stereocenters. The van der Waals surface area contributed by atoms with E-state index in [1.165, 1.54) is 44.2 Å². The molecule has 2 N–H and O–H groups in total. The molecule has 1 aromatic rings. The summed E-state index contributed by atoms with van der Waals surface area (Å²) in [4.78, 5) is 3.36. The monoisotopic (exact) mass is 234 g/mol. The highest BCUT2D eigenvalue weighted by Gasteiger charge is 2.27. The fraction of sp³-hybridized carbons (Fsp3) is 0.733. The first kappa shape index (κ1) is 12.7. The Balaban J connectivity index is 1.90. The molecule has 2 rings (SSSR count). The smallest absolute Gasteiger partial charge is 0.0498 e. The van der Waals surface area contributed by atoms with E-state index in [9.17, 15) is 0 Å². The molecular weight excluding hydrogens is 208 g/mol. The first-order valence-electron chi connectivity index (χ1n) is 7.15. The van der Waals surface area contributed by atoms with E-state index in [1.54, 1.807) is 0 Å². The van der Waals surface area contributed by atoms with E-state index >= 15 is 0 Å². The Bertz CT molecular complexity index is 297. The Kier molecular flexibility index (Phi) is 4.66. The molecule has 1 aliphatic rings. The zero-order valence-electron chi connectivity index (χ0n) is 11.2. The molecule has 2 heteroatoms. The first-order chi connectivity index (χ1) is 8.35. The van der Waals surface area contributed by atoms with Gasteiger partial charge in [-0.3, -0.25) is 0 Å². The van der Waals surface area contributed by atoms with Crippen molar-refractivity contribution in [3.05, 3.63) is 24.0 Å². The van der Waals surface area contributed by atoms with Crippen LogP contribution in [0.2, 0.25) is 0 Å². The lowest BCUT2D eigenvalue weighted by Crippen LogP contribution is -2.29. The summed E-state index contributed by atoms with van der Waals surface area (Å²) in [6.45, 7) is 2.31. The second kappa shape index (κ2) is 6.25. The summed E-state index contributed by atoms with van der Waals surface area (Å²) in [6.07, 6.45) is 10.4. The van der Waals surface area contributed by atoms with Gasteiger partial charge in [0.05, 0.1) is 0 Å². The second-order valence-corrected chi connectivity index (χ2v) is 5.46. The molecule has 1 heterocycles. The Labute approximate surface area is 105 Å². The van der Waals surface area contributed by atoms with E-state index in [4.69, 9.17) is 0 Å². The summed E-state index contributed by atoms with van der Waals surface area (Å²) in [7, 11) is 2.09. The lowest BCUT2D eigenvalue weighted by Gasteiger charge is -2.33. The molecule has 17 heavy (non-hydrogen) atoms. The van der Waals surface area contributed by atoms with Crippen molar-refractivity contribution in [3.63, 3.8) is 0 Å². The fourth-order valence-corrected chi connectivity index (χ4v) is 3.40. The number of aromatic nitrogens is 1. The third-order valence-corrected chi connectivity index (χ3v) is 4.33. The number of nitrogens with one attached hydrogen (secondary N) is 2. The van der Waals surface area contributed by atoms with Crippen molar-refractivity contribution in [1.82, 2.24) is 10.3 Å². The lowest BCUT2D eigenvalue weighted by molar-refractivity contribution is 0.218. The highest BCUT2D eigenvalue weighted by Crippen LogP contribution is 2.37. The van der Waals surface area contributed by atoms with Gasteiger partial charge < -0.3 is 10.3 Å². The van der Waals surface area contributed by atoms with Gasteiger partial charge in [-0.2, -0.15) is 0 Å². The summed E-state index contributed by atoms with van der Waals surface area (Å²) in [6, 6.07) is 4.83. The number of H-pyrrole nitrogens is 1. The zero-order valence-corrected chi connectivity index (χ0v) is 11.2. The quantitative estimate of drug-likeness (QED) is 0.795. The van der Waals surface area contributed by atoms with E-state index < -0.39 is 0 Å². The number of rotatable bonds is 5. The van der Waals surface area contributed by atoms with E-state index in [-0.39, 0.29) is 0 Å². The van der Waals surface area contributed by atoms with Crippen LogP contribution in [-0.2, 0) is 0 Å². The van der Waals surface area contributed by atoms with Gasteiger partial charge in [0.2, 0.25) is 0 Å². The topological polar surface area (TPSA) is 27.8 Å². The Morgan fingerprint density at radius 2 is 2.12 bits per heavy atom. The van der Waals surface area contributed by atoms with Crippen molar-refractivity contribution in [2.75, 3.05) is 7.05 Å². The van der Waals surface area contributed by atoms with E-state index in [1.807, 2.05) is 6.20 Å². The molecule has 0 amide bonds. The molecule has 0 radical (unpaired) electrons. The summed E-state index contributed by atoms with van der Waals surface area (Å²) in [5.74, 6) is 1.81. The van der Waals surface area contributed by atoms with Crippen LogP contribution in [-0.4, -0.2) is 12.0 Å². The van der Waals surface area contributed by atoms with Gasteiger partial charge in [-0.1, -0.05) is 32.6 Å². The number of hydrogen-bond acceptors (Lipinski definition) is 1. The van der Waals surface area contributed by atoms with Crippen molar-refractivity contribution in [2.45, 2.75) is 51.5 Å². The maximum absolute atomic E-state index is 3.49. The van der Waals surface area contributed by atoms with Gasteiger partial charge in [-0.15, -0.1) is 0 Å². The van der Waals surface area contributed by atoms with Gasteiger partial charge in [-0.25, -0.2) is 0 Å². The van der Waals surface area contributed by atoms with Crippen molar-refractivity contribution < 1.29 is 0 Å². The van der Waals surface area contributed by atoms with Crippen LogP contribution < -0.4 is 5.32 Å². The molecule has 0 bridgehead atoms. The van der Waals surface area contributed by atoms with Crippen LogP contribution in [0, 0.1) is 11.8 Å². The van der Waals surface area contributed by atoms with Crippen LogP contribution in [0.1, 0.15) is 57.2 Å². The molecular formula is C15H26N2. The Morgan fingerprint density at radius 3 is 2.65 bits per heavy atom. The molecule has 0 saturated heterocycles. The fourth-order valence-electron chi connectivity index (χ4n) is 3.40. The predicted molar refractivity (Wildman–Crippen MR) is 72.9 cm³/mol. The maximum Gasteiger partial charge on any atom is 0.0498 e. The van der Waals surface area contributed by atoms with Crippen molar-refractivity contribution in [3.8, 4) is 0 Å². The van der Waals surface area contributed by atoms with Gasteiger partial charge in [0.25, 0.3) is 0 Å². The summed E-state index contributed by atoms with van der Waals surface area (Å²) >= 11 is 0. The standard InChI is InChI=1S/C15H26N2/c1-3-5-12-7-9-13(10-8-12)15(16-2)14-6-4-11-17-14/h4,6,11-13,15-17H,3,5,7-10H2,1-2H3. The third kappa shape index (κ3) is 3.12. The van der Waals surface area contributed by atoms with E-state index in [0.717, 1.165) is 11.8 Å². The zero-order chi connectivity index (χ0) is 12.1. The predicted octanol–water partition coefficient (Wildman–Crippen LogP) is 3.88. The molecule has 0 spiro atoms. The van der Waals surface area contributed by atoms with Crippen LogP contribution in [0.25, 0.3) is 0 Å².